The van der Waals surface area contributed by atoms with Crippen LogP contribution < -0.4 is 5.32 Å². The molecule has 0 aliphatic carbocycles. The van der Waals surface area contributed by atoms with E-state index in [1.54, 1.807) is 11.8 Å². The SMILES string of the molecule is Brc1ccccc1SCc1noc(CC2CNC2)n1. The molecule has 2 heterocycles. The third-order valence-corrected chi connectivity index (χ3v) is 5.06. The third kappa shape index (κ3) is 3.38. The van der Waals surface area contributed by atoms with Crippen molar-refractivity contribution in [1.29, 1.82) is 0 Å². The van der Waals surface area contributed by atoms with Gasteiger partial charge < -0.3 is 9.84 Å². The maximum absolute atomic E-state index is 5.28. The van der Waals surface area contributed by atoms with Crippen LogP contribution in [-0.2, 0) is 12.2 Å². The molecule has 1 saturated heterocycles. The summed E-state index contributed by atoms with van der Waals surface area (Å²) in [7, 11) is 0. The number of halogens is 1. The summed E-state index contributed by atoms with van der Waals surface area (Å²) in [6.07, 6.45) is 0.889. The molecule has 19 heavy (non-hydrogen) atoms. The zero-order valence-electron chi connectivity index (χ0n) is 10.3. The van der Waals surface area contributed by atoms with Crippen molar-refractivity contribution in [2.24, 2.45) is 5.92 Å². The maximum atomic E-state index is 5.28. The molecular weight excluding hydrogens is 326 g/mol. The van der Waals surface area contributed by atoms with Crippen molar-refractivity contribution in [1.82, 2.24) is 15.5 Å². The average molecular weight is 340 g/mol. The van der Waals surface area contributed by atoms with Gasteiger partial charge in [-0.2, -0.15) is 4.98 Å². The van der Waals surface area contributed by atoms with Crippen molar-refractivity contribution in [3.8, 4) is 0 Å². The molecule has 0 atom stereocenters. The minimum Gasteiger partial charge on any atom is -0.339 e. The lowest BCUT2D eigenvalue weighted by Gasteiger charge is -2.25. The van der Waals surface area contributed by atoms with Crippen molar-refractivity contribution < 1.29 is 4.52 Å². The van der Waals surface area contributed by atoms with Crippen molar-refractivity contribution in [2.45, 2.75) is 17.1 Å². The molecule has 1 aromatic heterocycles. The van der Waals surface area contributed by atoms with Crippen molar-refractivity contribution in [3.05, 3.63) is 40.5 Å². The summed E-state index contributed by atoms with van der Waals surface area (Å²) in [6, 6.07) is 8.15. The maximum Gasteiger partial charge on any atom is 0.227 e. The molecule has 4 nitrogen and oxygen atoms in total. The number of benzene rings is 1. The van der Waals surface area contributed by atoms with Gasteiger partial charge in [-0.1, -0.05) is 17.3 Å². The Kier molecular flexibility index (Phi) is 4.20. The lowest BCUT2D eigenvalue weighted by molar-refractivity contribution is 0.295. The molecule has 0 bridgehead atoms. The van der Waals surface area contributed by atoms with Crippen LogP contribution in [0.4, 0.5) is 0 Å². The molecule has 100 valence electrons. The number of aromatic nitrogens is 2. The van der Waals surface area contributed by atoms with Gasteiger partial charge in [0.15, 0.2) is 5.82 Å². The third-order valence-electron chi connectivity index (χ3n) is 3.03. The summed E-state index contributed by atoms with van der Waals surface area (Å²) < 4.78 is 6.38. The van der Waals surface area contributed by atoms with E-state index in [2.05, 4.69) is 37.5 Å². The second-order valence-electron chi connectivity index (χ2n) is 4.55. The summed E-state index contributed by atoms with van der Waals surface area (Å²) in [5.74, 6) is 2.91. The Labute approximate surface area is 124 Å². The van der Waals surface area contributed by atoms with Crippen LogP contribution in [0.5, 0.6) is 0 Å². The highest BCUT2D eigenvalue weighted by Crippen LogP contribution is 2.29. The molecular formula is C13H14BrN3OS. The first-order chi connectivity index (χ1) is 9.31. The second-order valence-corrected chi connectivity index (χ2v) is 6.42. The van der Waals surface area contributed by atoms with E-state index in [4.69, 9.17) is 4.52 Å². The lowest BCUT2D eigenvalue weighted by Crippen LogP contribution is -2.43. The molecule has 0 radical (unpaired) electrons. The topological polar surface area (TPSA) is 51.0 Å². The number of nitrogens with zero attached hydrogens (tertiary/aromatic N) is 2. The fraction of sp³-hybridized carbons (Fsp3) is 0.385. The van der Waals surface area contributed by atoms with E-state index >= 15 is 0 Å². The Hall–Kier alpha value is -0.850. The van der Waals surface area contributed by atoms with Gasteiger partial charge >= 0.3 is 0 Å². The van der Waals surface area contributed by atoms with Crippen LogP contribution in [0, 0.1) is 5.92 Å². The highest BCUT2D eigenvalue weighted by Gasteiger charge is 2.20. The molecule has 0 amide bonds. The van der Waals surface area contributed by atoms with Crippen LogP contribution in [0.1, 0.15) is 11.7 Å². The Morgan fingerprint density at radius 2 is 2.21 bits per heavy atom. The molecule has 1 fully saturated rings. The number of thioether (sulfide) groups is 1. The number of hydrogen-bond donors (Lipinski definition) is 1. The largest absolute Gasteiger partial charge is 0.339 e. The van der Waals surface area contributed by atoms with Gasteiger partial charge in [0.2, 0.25) is 5.89 Å². The van der Waals surface area contributed by atoms with E-state index in [1.807, 2.05) is 18.2 Å². The van der Waals surface area contributed by atoms with Crippen LogP contribution in [0.2, 0.25) is 0 Å². The summed E-state index contributed by atoms with van der Waals surface area (Å²) >= 11 is 5.24. The van der Waals surface area contributed by atoms with Crippen LogP contribution in [-0.4, -0.2) is 23.2 Å². The van der Waals surface area contributed by atoms with Crippen LogP contribution in [0.3, 0.4) is 0 Å². The van der Waals surface area contributed by atoms with E-state index in [0.717, 1.165) is 41.5 Å². The van der Waals surface area contributed by atoms with Crippen molar-refractivity contribution in [3.63, 3.8) is 0 Å². The lowest BCUT2D eigenvalue weighted by atomic mass is 10.00. The minimum atomic E-state index is 0.657. The highest BCUT2D eigenvalue weighted by atomic mass is 79.9. The molecule has 0 saturated carbocycles. The molecule has 0 spiro atoms. The predicted molar refractivity (Wildman–Crippen MR) is 78.1 cm³/mol. The van der Waals surface area contributed by atoms with E-state index in [-0.39, 0.29) is 0 Å². The highest BCUT2D eigenvalue weighted by molar-refractivity contribution is 9.10. The Bertz CT molecular complexity index is 556. The van der Waals surface area contributed by atoms with E-state index in [9.17, 15) is 0 Å². The Morgan fingerprint density at radius 1 is 1.37 bits per heavy atom. The standard InChI is InChI=1S/C13H14BrN3OS/c14-10-3-1-2-4-11(10)19-8-12-16-13(18-17-12)5-9-6-15-7-9/h1-4,9,15H,5-8H2. The summed E-state index contributed by atoms with van der Waals surface area (Å²) in [5, 5.41) is 7.27. The van der Waals surface area contributed by atoms with E-state index in [0.29, 0.717) is 5.92 Å². The fourth-order valence-electron chi connectivity index (χ4n) is 1.88. The average Bonchev–Trinajstić information content (AvgIpc) is 2.81. The van der Waals surface area contributed by atoms with Gasteiger partial charge in [-0.3, -0.25) is 0 Å². The number of hydrogen-bond acceptors (Lipinski definition) is 5. The number of rotatable bonds is 5. The van der Waals surface area contributed by atoms with Gasteiger partial charge in [0, 0.05) is 15.8 Å². The van der Waals surface area contributed by atoms with E-state index in [1.165, 1.54) is 4.90 Å². The molecule has 2 aromatic rings. The smallest absolute Gasteiger partial charge is 0.227 e. The summed E-state index contributed by atoms with van der Waals surface area (Å²) in [6.45, 7) is 2.12. The van der Waals surface area contributed by atoms with Gasteiger partial charge in [-0.05, 0) is 47.1 Å². The molecule has 1 N–H and O–H groups in total. The molecule has 6 heteroatoms. The first kappa shape index (κ1) is 13.1. The first-order valence-corrected chi connectivity index (χ1v) is 7.98. The Morgan fingerprint density at radius 3 is 2.95 bits per heavy atom. The van der Waals surface area contributed by atoms with Gasteiger partial charge in [-0.25, -0.2) is 0 Å². The van der Waals surface area contributed by atoms with Crippen molar-refractivity contribution in [2.75, 3.05) is 13.1 Å². The zero-order valence-corrected chi connectivity index (χ0v) is 12.7. The van der Waals surface area contributed by atoms with Crippen molar-refractivity contribution >= 4 is 27.7 Å². The van der Waals surface area contributed by atoms with Crippen LogP contribution >= 0.6 is 27.7 Å². The van der Waals surface area contributed by atoms with Gasteiger partial charge in [0.25, 0.3) is 0 Å². The van der Waals surface area contributed by atoms with Crippen LogP contribution in [0.15, 0.2) is 38.2 Å². The predicted octanol–water partition coefficient (Wildman–Crippen LogP) is 2.89. The van der Waals surface area contributed by atoms with Gasteiger partial charge in [0.05, 0.1) is 5.75 Å². The molecule has 0 unspecified atom stereocenters. The second kappa shape index (κ2) is 6.07. The molecule has 1 aromatic carbocycles. The first-order valence-electron chi connectivity index (χ1n) is 6.21. The summed E-state index contributed by atoms with van der Waals surface area (Å²) in [5.41, 5.74) is 0. The summed E-state index contributed by atoms with van der Waals surface area (Å²) in [4.78, 5) is 5.63. The molecule has 1 aliphatic rings. The van der Waals surface area contributed by atoms with Crippen LogP contribution in [0.25, 0.3) is 0 Å². The Balaban J connectivity index is 1.56. The normalized spacial score (nSPS) is 15.4. The molecule has 3 rings (SSSR count). The fourth-order valence-corrected chi connectivity index (χ4v) is 3.29. The monoisotopic (exact) mass is 339 g/mol. The number of nitrogens with one attached hydrogen (secondary N) is 1. The van der Waals surface area contributed by atoms with Gasteiger partial charge in [-0.15, -0.1) is 11.8 Å². The van der Waals surface area contributed by atoms with E-state index < -0.39 is 0 Å². The molecule has 1 aliphatic heterocycles. The minimum absolute atomic E-state index is 0.657. The van der Waals surface area contributed by atoms with Gasteiger partial charge in [0.1, 0.15) is 0 Å². The quantitative estimate of drug-likeness (QED) is 0.849. The zero-order chi connectivity index (χ0) is 13.1.